The Kier molecular flexibility index (Phi) is 6.17. The van der Waals surface area contributed by atoms with Crippen LogP contribution in [-0.4, -0.2) is 41.6 Å². The molecule has 2 amide bonds. The first-order chi connectivity index (χ1) is 13.2. The highest BCUT2D eigenvalue weighted by Crippen LogP contribution is 2.17. The minimum Gasteiger partial charge on any atom is -0.375 e. The monoisotopic (exact) mass is 366 g/mol. The molecule has 140 valence electrons. The van der Waals surface area contributed by atoms with Crippen molar-refractivity contribution in [3.05, 3.63) is 60.4 Å². The number of para-hydroxylation sites is 3. The summed E-state index contributed by atoms with van der Waals surface area (Å²) in [6, 6.07) is 17.0. The van der Waals surface area contributed by atoms with E-state index >= 15 is 0 Å². The van der Waals surface area contributed by atoms with Crippen molar-refractivity contribution in [3.8, 4) is 0 Å². The summed E-state index contributed by atoms with van der Waals surface area (Å²) in [6.45, 7) is 0.596. The molecule has 0 fully saturated rings. The lowest BCUT2D eigenvalue weighted by Gasteiger charge is -2.10. The van der Waals surface area contributed by atoms with E-state index in [1.165, 1.54) is 7.11 Å². The number of rotatable bonds is 8. The zero-order chi connectivity index (χ0) is 19.1. The second-order valence-electron chi connectivity index (χ2n) is 6.05. The summed E-state index contributed by atoms with van der Waals surface area (Å²) < 4.78 is 6.69. The fourth-order valence-corrected chi connectivity index (χ4v) is 2.85. The van der Waals surface area contributed by atoms with E-state index in [1.54, 1.807) is 0 Å². The minimum atomic E-state index is -0.179. The maximum Gasteiger partial charge on any atom is 0.245 e. The predicted molar refractivity (Wildman–Crippen MR) is 103 cm³/mol. The van der Waals surface area contributed by atoms with Gasteiger partial charge in [0.15, 0.2) is 0 Å². The normalized spacial score (nSPS) is 10.7. The average Bonchev–Trinajstić information content (AvgIpc) is 3.00. The van der Waals surface area contributed by atoms with E-state index in [0.29, 0.717) is 13.0 Å². The van der Waals surface area contributed by atoms with Gasteiger partial charge in [-0.3, -0.25) is 9.59 Å². The van der Waals surface area contributed by atoms with E-state index in [2.05, 4.69) is 15.6 Å². The highest BCUT2D eigenvalue weighted by atomic mass is 16.5. The van der Waals surface area contributed by atoms with Crippen LogP contribution in [-0.2, 0) is 27.3 Å². The number of amides is 2. The van der Waals surface area contributed by atoms with Gasteiger partial charge < -0.3 is 19.9 Å². The van der Waals surface area contributed by atoms with Gasteiger partial charge in [0.05, 0.1) is 11.0 Å². The van der Waals surface area contributed by atoms with E-state index in [0.717, 1.165) is 22.5 Å². The molecule has 0 aliphatic heterocycles. The highest BCUT2D eigenvalue weighted by molar-refractivity contribution is 5.91. The second-order valence-corrected chi connectivity index (χ2v) is 6.05. The third kappa shape index (κ3) is 4.92. The Hall–Kier alpha value is -3.19. The van der Waals surface area contributed by atoms with Gasteiger partial charge in [-0.05, 0) is 24.3 Å². The molecule has 1 aromatic heterocycles. The van der Waals surface area contributed by atoms with Gasteiger partial charge in [0, 0.05) is 25.8 Å². The second kappa shape index (κ2) is 8.95. The van der Waals surface area contributed by atoms with E-state index < -0.39 is 0 Å². The predicted octanol–water partition coefficient (Wildman–Crippen LogP) is 1.98. The number of aromatic nitrogens is 2. The zero-order valence-corrected chi connectivity index (χ0v) is 15.1. The standard InChI is InChI=1S/C20H22N4O3/c1-27-14-20(26)21-12-11-18-23-16-9-5-6-10-17(16)24(18)13-19(25)22-15-7-3-2-4-8-15/h2-10H,11-14H2,1H3,(H,21,26)(H,22,25). The fourth-order valence-electron chi connectivity index (χ4n) is 2.85. The summed E-state index contributed by atoms with van der Waals surface area (Å²) in [7, 11) is 1.48. The summed E-state index contributed by atoms with van der Waals surface area (Å²) in [5.74, 6) is 0.438. The fraction of sp³-hybridized carbons (Fsp3) is 0.250. The van der Waals surface area contributed by atoms with Crippen molar-refractivity contribution in [2.24, 2.45) is 0 Å². The van der Waals surface area contributed by atoms with Gasteiger partial charge in [-0.1, -0.05) is 30.3 Å². The van der Waals surface area contributed by atoms with Gasteiger partial charge in [-0.25, -0.2) is 4.98 Å². The van der Waals surface area contributed by atoms with Gasteiger partial charge in [0.2, 0.25) is 11.8 Å². The van der Waals surface area contributed by atoms with Crippen LogP contribution in [0.3, 0.4) is 0 Å². The van der Waals surface area contributed by atoms with Crippen molar-refractivity contribution < 1.29 is 14.3 Å². The number of carbonyl (C=O) groups excluding carboxylic acids is 2. The third-order valence-electron chi connectivity index (χ3n) is 4.04. The number of imidazole rings is 1. The van der Waals surface area contributed by atoms with E-state index in [4.69, 9.17) is 4.74 Å². The third-order valence-corrected chi connectivity index (χ3v) is 4.04. The Morgan fingerprint density at radius 2 is 1.78 bits per heavy atom. The van der Waals surface area contributed by atoms with Crippen molar-refractivity contribution in [1.82, 2.24) is 14.9 Å². The molecule has 2 aromatic carbocycles. The molecule has 3 rings (SSSR count). The van der Waals surface area contributed by atoms with E-state index in [9.17, 15) is 9.59 Å². The molecular formula is C20H22N4O3. The number of nitrogens with zero attached hydrogens (tertiary/aromatic N) is 2. The van der Waals surface area contributed by atoms with Crippen molar-refractivity contribution in [1.29, 1.82) is 0 Å². The van der Waals surface area contributed by atoms with E-state index in [-0.39, 0.29) is 25.0 Å². The molecule has 7 nitrogen and oxygen atoms in total. The van der Waals surface area contributed by atoms with Crippen molar-refractivity contribution in [2.75, 3.05) is 25.6 Å². The van der Waals surface area contributed by atoms with Gasteiger partial charge >= 0.3 is 0 Å². The molecule has 3 aromatic rings. The lowest BCUT2D eigenvalue weighted by atomic mass is 10.3. The van der Waals surface area contributed by atoms with Crippen LogP contribution < -0.4 is 10.6 Å². The van der Waals surface area contributed by atoms with Gasteiger partial charge in [0.1, 0.15) is 19.0 Å². The van der Waals surface area contributed by atoms with Crippen molar-refractivity contribution in [2.45, 2.75) is 13.0 Å². The number of hydrogen-bond acceptors (Lipinski definition) is 4. The average molecular weight is 366 g/mol. The summed E-state index contributed by atoms with van der Waals surface area (Å²) in [5.41, 5.74) is 2.46. The molecule has 0 bridgehead atoms. The molecule has 2 N–H and O–H groups in total. The summed E-state index contributed by atoms with van der Waals surface area (Å²) in [5, 5.41) is 5.67. The molecule has 1 heterocycles. The summed E-state index contributed by atoms with van der Waals surface area (Å²) in [4.78, 5) is 28.7. The molecule has 0 atom stereocenters. The minimum absolute atomic E-state index is 0.0237. The Morgan fingerprint density at radius 1 is 1.04 bits per heavy atom. The number of fused-ring (bicyclic) bond motifs is 1. The maximum atomic E-state index is 12.5. The number of carbonyl (C=O) groups is 2. The number of hydrogen-bond donors (Lipinski definition) is 2. The van der Waals surface area contributed by atoms with Crippen LogP contribution in [0.5, 0.6) is 0 Å². The van der Waals surface area contributed by atoms with Gasteiger partial charge in [0.25, 0.3) is 0 Å². The maximum absolute atomic E-state index is 12.5. The zero-order valence-electron chi connectivity index (χ0n) is 15.1. The van der Waals surface area contributed by atoms with Crippen molar-refractivity contribution >= 4 is 28.5 Å². The molecule has 0 unspecified atom stereocenters. The smallest absolute Gasteiger partial charge is 0.245 e. The van der Waals surface area contributed by atoms with Gasteiger partial charge in [-0.15, -0.1) is 0 Å². The Bertz CT molecular complexity index is 921. The highest BCUT2D eigenvalue weighted by Gasteiger charge is 2.14. The summed E-state index contributed by atoms with van der Waals surface area (Å²) >= 11 is 0. The number of ether oxygens (including phenoxy) is 1. The number of benzene rings is 2. The van der Waals surface area contributed by atoms with Crippen LogP contribution in [0.15, 0.2) is 54.6 Å². The lowest BCUT2D eigenvalue weighted by molar-refractivity contribution is -0.124. The molecular weight excluding hydrogens is 344 g/mol. The SMILES string of the molecule is COCC(=O)NCCc1nc2ccccc2n1CC(=O)Nc1ccccc1. The van der Waals surface area contributed by atoms with Crippen LogP contribution in [0.25, 0.3) is 11.0 Å². The van der Waals surface area contributed by atoms with E-state index in [1.807, 2.05) is 59.2 Å². The van der Waals surface area contributed by atoms with Crippen LogP contribution >= 0.6 is 0 Å². The number of anilines is 1. The molecule has 27 heavy (non-hydrogen) atoms. The first kappa shape index (κ1) is 18.6. The molecule has 0 spiro atoms. The lowest BCUT2D eigenvalue weighted by Crippen LogP contribution is -2.30. The Morgan fingerprint density at radius 3 is 2.56 bits per heavy atom. The molecule has 0 saturated heterocycles. The van der Waals surface area contributed by atoms with Crippen LogP contribution in [0.2, 0.25) is 0 Å². The van der Waals surface area contributed by atoms with Crippen LogP contribution in [0.4, 0.5) is 5.69 Å². The van der Waals surface area contributed by atoms with Gasteiger partial charge in [-0.2, -0.15) is 0 Å². The molecule has 0 saturated carbocycles. The molecule has 0 aliphatic carbocycles. The summed E-state index contributed by atoms with van der Waals surface area (Å²) in [6.07, 6.45) is 0.517. The topological polar surface area (TPSA) is 85.2 Å². The van der Waals surface area contributed by atoms with Crippen LogP contribution in [0, 0.1) is 0 Å². The molecule has 0 radical (unpaired) electrons. The first-order valence-electron chi connectivity index (χ1n) is 8.72. The largest absolute Gasteiger partial charge is 0.375 e. The molecule has 7 heteroatoms. The first-order valence-corrected chi connectivity index (χ1v) is 8.72. The Labute approximate surface area is 157 Å². The number of nitrogens with one attached hydrogen (secondary N) is 2. The molecule has 0 aliphatic rings. The van der Waals surface area contributed by atoms with Crippen molar-refractivity contribution in [3.63, 3.8) is 0 Å². The van der Waals surface area contributed by atoms with Crippen LogP contribution in [0.1, 0.15) is 5.82 Å². The number of methoxy groups -OCH3 is 1. The quantitative estimate of drug-likeness (QED) is 0.638. The Balaban J connectivity index is 1.74.